The summed E-state index contributed by atoms with van der Waals surface area (Å²) in [7, 11) is 0. The number of hydrogen-bond acceptors (Lipinski definition) is 3. The lowest BCUT2D eigenvalue weighted by Gasteiger charge is -2.10. The Labute approximate surface area is 69.5 Å². The topological polar surface area (TPSA) is 55.5 Å². The van der Waals surface area contributed by atoms with Gasteiger partial charge in [-0.2, -0.15) is 0 Å². The minimum absolute atomic E-state index is 0.220. The van der Waals surface area contributed by atoms with E-state index < -0.39 is 6.10 Å². The number of hydrogen-bond donors (Lipinski definition) is 2. The molecule has 0 spiro atoms. The Hall–Kier alpha value is -0.970. The number of halogens is 1. The normalized spacial score (nSPS) is 12.9. The van der Waals surface area contributed by atoms with Gasteiger partial charge in [-0.1, -0.05) is 12.1 Å². The Morgan fingerprint density at radius 1 is 1.42 bits per heavy atom. The van der Waals surface area contributed by atoms with Gasteiger partial charge in [-0.25, -0.2) is 10.3 Å². The van der Waals surface area contributed by atoms with E-state index in [9.17, 15) is 4.39 Å². The molecular weight excluding hydrogens is 161 g/mol. The molecule has 1 rings (SSSR count). The van der Waals surface area contributed by atoms with E-state index in [0.29, 0.717) is 5.56 Å². The maximum absolute atomic E-state index is 12.4. The van der Waals surface area contributed by atoms with Crippen LogP contribution >= 0.6 is 0 Å². The SMILES string of the molecule is NOC(CO)c1ccc(F)cc1. The second-order valence-electron chi connectivity index (χ2n) is 2.36. The van der Waals surface area contributed by atoms with E-state index in [-0.39, 0.29) is 12.4 Å². The van der Waals surface area contributed by atoms with Gasteiger partial charge < -0.3 is 5.11 Å². The first kappa shape index (κ1) is 9.12. The first-order valence-corrected chi connectivity index (χ1v) is 3.49. The lowest BCUT2D eigenvalue weighted by atomic mass is 10.1. The van der Waals surface area contributed by atoms with Crippen LogP contribution in [0.25, 0.3) is 0 Å². The highest BCUT2D eigenvalue weighted by molar-refractivity contribution is 5.18. The average Bonchev–Trinajstić information content (AvgIpc) is 2.10. The van der Waals surface area contributed by atoms with Gasteiger partial charge in [0.1, 0.15) is 11.9 Å². The van der Waals surface area contributed by atoms with Gasteiger partial charge in [0.2, 0.25) is 0 Å². The van der Waals surface area contributed by atoms with Crippen molar-refractivity contribution >= 4 is 0 Å². The first-order valence-electron chi connectivity index (χ1n) is 3.49. The van der Waals surface area contributed by atoms with Crippen molar-refractivity contribution in [3.05, 3.63) is 35.6 Å². The molecule has 0 amide bonds. The third-order valence-corrected chi connectivity index (χ3v) is 1.57. The fourth-order valence-corrected chi connectivity index (χ4v) is 0.904. The van der Waals surface area contributed by atoms with Crippen LogP contribution in [-0.4, -0.2) is 11.7 Å². The quantitative estimate of drug-likeness (QED) is 0.660. The molecular formula is C8H10FNO2. The summed E-state index contributed by atoms with van der Waals surface area (Å²) < 4.78 is 12.4. The Kier molecular flexibility index (Phi) is 3.16. The zero-order valence-electron chi connectivity index (χ0n) is 6.40. The van der Waals surface area contributed by atoms with E-state index in [2.05, 4.69) is 4.84 Å². The molecule has 0 saturated carbocycles. The molecule has 0 aliphatic heterocycles. The Morgan fingerprint density at radius 3 is 2.42 bits per heavy atom. The minimum atomic E-state index is -0.578. The van der Waals surface area contributed by atoms with Crippen molar-refractivity contribution in [2.45, 2.75) is 6.10 Å². The van der Waals surface area contributed by atoms with E-state index in [1.165, 1.54) is 24.3 Å². The lowest BCUT2D eigenvalue weighted by molar-refractivity contribution is 0.0108. The van der Waals surface area contributed by atoms with Gasteiger partial charge in [0.05, 0.1) is 6.61 Å². The van der Waals surface area contributed by atoms with Crippen LogP contribution in [0.3, 0.4) is 0 Å². The summed E-state index contributed by atoms with van der Waals surface area (Å²) in [5.41, 5.74) is 0.654. The second-order valence-corrected chi connectivity index (χ2v) is 2.36. The zero-order chi connectivity index (χ0) is 8.97. The van der Waals surface area contributed by atoms with Crippen LogP contribution in [0.1, 0.15) is 11.7 Å². The van der Waals surface area contributed by atoms with Crippen LogP contribution in [0.4, 0.5) is 4.39 Å². The second kappa shape index (κ2) is 4.15. The summed E-state index contributed by atoms with van der Waals surface area (Å²) in [5.74, 6) is 4.57. The van der Waals surface area contributed by atoms with Crippen molar-refractivity contribution in [3.8, 4) is 0 Å². The van der Waals surface area contributed by atoms with Crippen molar-refractivity contribution in [2.75, 3.05) is 6.61 Å². The fraction of sp³-hybridized carbons (Fsp3) is 0.250. The molecule has 0 fully saturated rings. The molecule has 1 atom stereocenters. The summed E-state index contributed by atoms with van der Waals surface area (Å²) in [6, 6.07) is 5.61. The summed E-state index contributed by atoms with van der Waals surface area (Å²) in [5, 5.41) is 8.75. The average molecular weight is 171 g/mol. The number of benzene rings is 1. The van der Waals surface area contributed by atoms with E-state index >= 15 is 0 Å². The molecule has 0 heterocycles. The van der Waals surface area contributed by atoms with E-state index in [4.69, 9.17) is 11.0 Å². The van der Waals surface area contributed by atoms with Crippen LogP contribution in [-0.2, 0) is 4.84 Å². The van der Waals surface area contributed by atoms with Gasteiger partial charge >= 0.3 is 0 Å². The number of nitrogens with two attached hydrogens (primary N) is 1. The molecule has 1 aromatic rings. The molecule has 0 aromatic heterocycles. The highest BCUT2D eigenvalue weighted by Gasteiger charge is 2.08. The van der Waals surface area contributed by atoms with Gasteiger partial charge in [-0.15, -0.1) is 0 Å². The smallest absolute Gasteiger partial charge is 0.127 e. The highest BCUT2D eigenvalue weighted by atomic mass is 19.1. The maximum Gasteiger partial charge on any atom is 0.127 e. The number of rotatable bonds is 3. The predicted molar refractivity (Wildman–Crippen MR) is 41.5 cm³/mol. The van der Waals surface area contributed by atoms with Crippen molar-refractivity contribution in [3.63, 3.8) is 0 Å². The Balaban J connectivity index is 2.80. The Bertz CT molecular complexity index is 233. The third-order valence-electron chi connectivity index (χ3n) is 1.57. The molecule has 4 heteroatoms. The van der Waals surface area contributed by atoms with Crippen LogP contribution < -0.4 is 5.90 Å². The summed E-state index contributed by atoms with van der Waals surface area (Å²) in [6.45, 7) is -0.220. The molecule has 0 radical (unpaired) electrons. The van der Waals surface area contributed by atoms with E-state index in [1.54, 1.807) is 0 Å². The molecule has 1 aromatic carbocycles. The predicted octanol–water partition coefficient (Wildman–Crippen LogP) is 0.749. The molecule has 0 aliphatic rings. The summed E-state index contributed by atoms with van der Waals surface area (Å²) in [4.78, 5) is 4.45. The molecule has 0 aliphatic carbocycles. The molecule has 0 bridgehead atoms. The maximum atomic E-state index is 12.4. The summed E-state index contributed by atoms with van der Waals surface area (Å²) >= 11 is 0. The van der Waals surface area contributed by atoms with Crippen LogP contribution in [0.15, 0.2) is 24.3 Å². The van der Waals surface area contributed by atoms with Gasteiger partial charge in [0.25, 0.3) is 0 Å². The van der Waals surface area contributed by atoms with Crippen molar-refractivity contribution in [2.24, 2.45) is 5.90 Å². The van der Waals surface area contributed by atoms with Crippen LogP contribution in [0, 0.1) is 5.82 Å². The van der Waals surface area contributed by atoms with E-state index in [0.717, 1.165) is 0 Å². The first-order chi connectivity index (χ1) is 5.77. The molecule has 1 unspecified atom stereocenters. The van der Waals surface area contributed by atoms with Gasteiger partial charge in [0, 0.05) is 0 Å². The highest BCUT2D eigenvalue weighted by Crippen LogP contribution is 2.14. The molecule has 12 heavy (non-hydrogen) atoms. The van der Waals surface area contributed by atoms with Gasteiger partial charge in [-0.05, 0) is 17.7 Å². The molecule has 3 nitrogen and oxygen atoms in total. The standard InChI is InChI=1S/C8H10FNO2/c9-7-3-1-6(2-4-7)8(5-11)12-10/h1-4,8,11H,5,10H2. The number of aliphatic hydroxyl groups excluding tert-OH is 1. The third kappa shape index (κ3) is 2.01. The molecule has 66 valence electrons. The van der Waals surface area contributed by atoms with Crippen LogP contribution in [0.2, 0.25) is 0 Å². The minimum Gasteiger partial charge on any atom is -0.393 e. The molecule has 0 saturated heterocycles. The van der Waals surface area contributed by atoms with Gasteiger partial charge in [0.15, 0.2) is 0 Å². The van der Waals surface area contributed by atoms with Gasteiger partial charge in [-0.3, -0.25) is 4.84 Å². The Morgan fingerprint density at radius 2 is 2.00 bits per heavy atom. The van der Waals surface area contributed by atoms with E-state index in [1.807, 2.05) is 0 Å². The lowest BCUT2D eigenvalue weighted by Crippen LogP contribution is -2.12. The number of aliphatic hydroxyl groups is 1. The monoisotopic (exact) mass is 171 g/mol. The molecule has 3 N–H and O–H groups in total. The largest absolute Gasteiger partial charge is 0.393 e. The zero-order valence-corrected chi connectivity index (χ0v) is 6.40. The summed E-state index contributed by atoms with van der Waals surface area (Å²) in [6.07, 6.45) is -0.578. The van der Waals surface area contributed by atoms with Crippen molar-refractivity contribution in [1.29, 1.82) is 0 Å². The fourth-order valence-electron chi connectivity index (χ4n) is 0.904. The van der Waals surface area contributed by atoms with Crippen molar-refractivity contribution < 1.29 is 14.3 Å². The van der Waals surface area contributed by atoms with Crippen molar-refractivity contribution in [1.82, 2.24) is 0 Å². The van der Waals surface area contributed by atoms with Crippen LogP contribution in [0.5, 0.6) is 0 Å².